The first-order valence-corrected chi connectivity index (χ1v) is 7.28. The van der Waals surface area contributed by atoms with Crippen LogP contribution in [0.1, 0.15) is 18.1 Å². The Kier molecular flexibility index (Phi) is 4.54. The molecule has 1 aromatic carbocycles. The van der Waals surface area contributed by atoms with Crippen LogP contribution in [0.3, 0.4) is 0 Å². The number of rotatable bonds is 4. The number of hydrogen-bond acceptors (Lipinski definition) is 4. The smallest absolute Gasteiger partial charge is 0.241 e. The van der Waals surface area contributed by atoms with Crippen molar-refractivity contribution in [3.8, 4) is 0 Å². The molecule has 19 heavy (non-hydrogen) atoms. The maximum atomic E-state index is 12.3. The van der Waals surface area contributed by atoms with Gasteiger partial charge in [0.1, 0.15) is 0 Å². The minimum absolute atomic E-state index is 0.164. The van der Waals surface area contributed by atoms with Crippen LogP contribution >= 0.6 is 0 Å². The van der Waals surface area contributed by atoms with E-state index in [4.69, 9.17) is 5.73 Å². The molecular weight excluding hydrogens is 266 g/mol. The molecule has 1 unspecified atom stereocenters. The molecule has 0 bridgehead atoms. The van der Waals surface area contributed by atoms with Crippen LogP contribution in [0.5, 0.6) is 0 Å². The predicted molar refractivity (Wildman–Crippen MR) is 74.2 cm³/mol. The maximum absolute atomic E-state index is 12.3. The Bertz CT molecular complexity index is 573. The summed E-state index contributed by atoms with van der Waals surface area (Å²) in [4.78, 5) is 11.6. The number of benzene rings is 1. The van der Waals surface area contributed by atoms with Gasteiger partial charge in [0.15, 0.2) is 0 Å². The minimum atomic E-state index is -3.76. The van der Waals surface area contributed by atoms with Crippen molar-refractivity contribution < 1.29 is 13.2 Å². The SMILES string of the molecule is CNC(=O)C(C)NS(=O)(=O)c1c(C)cc(N)cc1C. The van der Waals surface area contributed by atoms with Crippen molar-refractivity contribution in [1.29, 1.82) is 0 Å². The molecule has 7 heteroatoms. The molecule has 0 fully saturated rings. The lowest BCUT2D eigenvalue weighted by Crippen LogP contribution is -2.43. The average molecular weight is 285 g/mol. The van der Waals surface area contributed by atoms with E-state index in [1.165, 1.54) is 14.0 Å². The molecule has 106 valence electrons. The molecule has 1 atom stereocenters. The lowest BCUT2D eigenvalue weighted by Gasteiger charge is -2.16. The number of anilines is 1. The van der Waals surface area contributed by atoms with Gasteiger partial charge < -0.3 is 11.1 Å². The number of likely N-dealkylation sites (N-methyl/N-ethyl adjacent to an activating group) is 1. The van der Waals surface area contributed by atoms with E-state index in [1.807, 2.05) is 0 Å². The molecule has 0 aliphatic carbocycles. The molecule has 0 spiro atoms. The van der Waals surface area contributed by atoms with Gasteiger partial charge in [-0.15, -0.1) is 0 Å². The highest BCUT2D eigenvalue weighted by Gasteiger charge is 2.24. The molecule has 0 saturated carbocycles. The van der Waals surface area contributed by atoms with Crippen LogP contribution in [0.4, 0.5) is 5.69 Å². The highest BCUT2D eigenvalue weighted by molar-refractivity contribution is 7.89. The number of nitrogens with two attached hydrogens (primary N) is 1. The lowest BCUT2D eigenvalue weighted by molar-refractivity contribution is -0.121. The summed E-state index contributed by atoms with van der Waals surface area (Å²) < 4.78 is 26.9. The van der Waals surface area contributed by atoms with Crippen LogP contribution in [-0.2, 0) is 14.8 Å². The fourth-order valence-electron chi connectivity index (χ4n) is 1.97. The zero-order valence-corrected chi connectivity index (χ0v) is 12.3. The number of nitrogens with one attached hydrogen (secondary N) is 2. The summed E-state index contributed by atoms with van der Waals surface area (Å²) in [6.07, 6.45) is 0. The van der Waals surface area contributed by atoms with Crippen LogP contribution in [0, 0.1) is 13.8 Å². The molecule has 1 aromatic rings. The van der Waals surface area contributed by atoms with E-state index in [0.29, 0.717) is 16.8 Å². The van der Waals surface area contributed by atoms with Crippen LogP contribution < -0.4 is 15.8 Å². The number of aryl methyl sites for hydroxylation is 2. The van der Waals surface area contributed by atoms with Gasteiger partial charge >= 0.3 is 0 Å². The van der Waals surface area contributed by atoms with Gasteiger partial charge in [-0.2, -0.15) is 4.72 Å². The molecule has 0 radical (unpaired) electrons. The lowest BCUT2D eigenvalue weighted by atomic mass is 10.1. The molecule has 1 amide bonds. The van der Waals surface area contributed by atoms with E-state index in [-0.39, 0.29) is 4.90 Å². The van der Waals surface area contributed by atoms with Crippen molar-refractivity contribution in [2.45, 2.75) is 31.7 Å². The first kappa shape index (κ1) is 15.5. The van der Waals surface area contributed by atoms with Gasteiger partial charge in [-0.25, -0.2) is 8.42 Å². The molecule has 0 heterocycles. The molecule has 0 saturated heterocycles. The summed E-state index contributed by atoms with van der Waals surface area (Å²) in [5.74, 6) is -0.394. The average Bonchev–Trinajstić information content (AvgIpc) is 2.24. The Labute approximate surface area is 113 Å². The van der Waals surface area contributed by atoms with Gasteiger partial charge in [0.2, 0.25) is 15.9 Å². The molecule has 0 aliphatic heterocycles. The van der Waals surface area contributed by atoms with Gasteiger partial charge in [-0.3, -0.25) is 4.79 Å². The zero-order chi connectivity index (χ0) is 14.8. The second-order valence-electron chi connectivity index (χ2n) is 4.44. The third kappa shape index (κ3) is 3.45. The largest absolute Gasteiger partial charge is 0.399 e. The Morgan fingerprint density at radius 2 is 1.74 bits per heavy atom. The van der Waals surface area contributed by atoms with Crippen LogP contribution in [-0.4, -0.2) is 27.4 Å². The van der Waals surface area contributed by atoms with Gasteiger partial charge in [-0.05, 0) is 44.0 Å². The predicted octanol–water partition coefficient (Wildman–Crippen LogP) is 0.298. The van der Waals surface area contributed by atoms with Crippen molar-refractivity contribution >= 4 is 21.6 Å². The van der Waals surface area contributed by atoms with Crippen molar-refractivity contribution in [2.75, 3.05) is 12.8 Å². The normalized spacial score (nSPS) is 13.1. The number of carbonyl (C=O) groups excluding carboxylic acids is 1. The van der Waals surface area contributed by atoms with E-state index in [9.17, 15) is 13.2 Å². The Balaban J connectivity index is 3.18. The number of sulfonamides is 1. The van der Waals surface area contributed by atoms with Crippen molar-refractivity contribution in [3.63, 3.8) is 0 Å². The molecule has 1 rings (SSSR count). The summed E-state index contributed by atoms with van der Waals surface area (Å²) in [6.45, 7) is 4.82. The van der Waals surface area contributed by atoms with Crippen molar-refractivity contribution in [2.24, 2.45) is 0 Å². The van der Waals surface area contributed by atoms with Gasteiger partial charge in [0.25, 0.3) is 0 Å². The summed E-state index contributed by atoms with van der Waals surface area (Å²) in [5, 5.41) is 2.39. The van der Waals surface area contributed by atoms with Crippen LogP contribution in [0.15, 0.2) is 17.0 Å². The molecule has 6 nitrogen and oxygen atoms in total. The Hall–Kier alpha value is -1.60. The molecule has 4 N–H and O–H groups in total. The molecule has 0 aliphatic rings. The van der Waals surface area contributed by atoms with E-state index in [2.05, 4.69) is 10.0 Å². The third-order valence-electron chi connectivity index (χ3n) is 2.72. The van der Waals surface area contributed by atoms with Gasteiger partial charge in [-0.1, -0.05) is 0 Å². The quantitative estimate of drug-likeness (QED) is 0.692. The summed E-state index contributed by atoms with van der Waals surface area (Å²) in [5.41, 5.74) is 7.27. The summed E-state index contributed by atoms with van der Waals surface area (Å²) >= 11 is 0. The summed E-state index contributed by atoms with van der Waals surface area (Å²) in [7, 11) is -2.31. The van der Waals surface area contributed by atoms with E-state index < -0.39 is 22.0 Å². The van der Waals surface area contributed by atoms with Crippen LogP contribution in [0.2, 0.25) is 0 Å². The molecular formula is C12H19N3O3S. The Morgan fingerprint density at radius 3 is 2.16 bits per heavy atom. The number of nitrogen functional groups attached to an aromatic ring is 1. The van der Waals surface area contributed by atoms with E-state index >= 15 is 0 Å². The highest BCUT2D eigenvalue weighted by atomic mass is 32.2. The van der Waals surface area contributed by atoms with Crippen LogP contribution in [0.25, 0.3) is 0 Å². The Morgan fingerprint density at radius 1 is 1.26 bits per heavy atom. The van der Waals surface area contributed by atoms with Crippen molar-refractivity contribution in [3.05, 3.63) is 23.3 Å². The minimum Gasteiger partial charge on any atom is -0.399 e. The molecule has 0 aromatic heterocycles. The number of hydrogen-bond donors (Lipinski definition) is 3. The maximum Gasteiger partial charge on any atom is 0.241 e. The second-order valence-corrected chi connectivity index (χ2v) is 6.09. The topological polar surface area (TPSA) is 101 Å². The van der Waals surface area contributed by atoms with E-state index in [0.717, 1.165) is 0 Å². The third-order valence-corrected chi connectivity index (χ3v) is 4.57. The fraction of sp³-hybridized carbons (Fsp3) is 0.417. The first-order valence-electron chi connectivity index (χ1n) is 5.79. The first-order chi connectivity index (χ1) is 8.69. The fourth-order valence-corrected chi connectivity index (χ4v) is 3.63. The summed E-state index contributed by atoms with van der Waals surface area (Å²) in [6, 6.07) is 2.34. The second kappa shape index (κ2) is 5.58. The van der Waals surface area contributed by atoms with Gasteiger partial charge in [0, 0.05) is 12.7 Å². The standard InChI is InChI=1S/C12H19N3O3S/c1-7-5-10(13)6-8(2)11(7)19(17,18)15-9(3)12(16)14-4/h5-6,9,15H,13H2,1-4H3,(H,14,16). The van der Waals surface area contributed by atoms with E-state index in [1.54, 1.807) is 26.0 Å². The monoisotopic (exact) mass is 285 g/mol. The highest BCUT2D eigenvalue weighted by Crippen LogP contribution is 2.23. The van der Waals surface area contributed by atoms with Crippen molar-refractivity contribution in [1.82, 2.24) is 10.0 Å². The zero-order valence-electron chi connectivity index (χ0n) is 11.4. The van der Waals surface area contributed by atoms with Gasteiger partial charge in [0.05, 0.1) is 10.9 Å². The number of amides is 1. The number of carbonyl (C=O) groups is 1.